The van der Waals surface area contributed by atoms with Crippen molar-refractivity contribution in [1.82, 2.24) is 10.6 Å². The van der Waals surface area contributed by atoms with E-state index < -0.39 is 0 Å². The summed E-state index contributed by atoms with van der Waals surface area (Å²) in [5.41, 5.74) is 0.955. The van der Waals surface area contributed by atoms with Crippen molar-refractivity contribution >= 4 is 11.8 Å². The predicted octanol–water partition coefficient (Wildman–Crippen LogP) is 1.10. The smallest absolute Gasteiger partial charge is 0.224 e. The number of carbonyl (C=O) groups is 2. The molecule has 1 heterocycles. The van der Waals surface area contributed by atoms with Gasteiger partial charge >= 0.3 is 0 Å². The third-order valence-corrected chi connectivity index (χ3v) is 4.04. The summed E-state index contributed by atoms with van der Waals surface area (Å²) in [6.07, 6.45) is 7.03. The summed E-state index contributed by atoms with van der Waals surface area (Å²) >= 11 is 0. The van der Waals surface area contributed by atoms with E-state index in [2.05, 4.69) is 16.7 Å². The van der Waals surface area contributed by atoms with Crippen LogP contribution in [0, 0.1) is 5.41 Å². The van der Waals surface area contributed by atoms with Crippen LogP contribution in [0.2, 0.25) is 0 Å². The van der Waals surface area contributed by atoms with Gasteiger partial charge in [-0.1, -0.05) is 6.08 Å². The monoisotopic (exact) mass is 266 g/mol. The van der Waals surface area contributed by atoms with Gasteiger partial charge in [-0.3, -0.25) is 9.59 Å². The van der Waals surface area contributed by atoms with Crippen LogP contribution >= 0.6 is 0 Å². The number of carbonyl (C=O) groups excluding carboxylic acids is 2. The van der Waals surface area contributed by atoms with Crippen LogP contribution in [0.1, 0.15) is 38.5 Å². The molecular weight excluding hydrogens is 244 g/mol. The third kappa shape index (κ3) is 3.35. The van der Waals surface area contributed by atoms with E-state index >= 15 is 0 Å². The first-order chi connectivity index (χ1) is 9.16. The molecule has 2 rings (SSSR count). The highest BCUT2D eigenvalue weighted by Gasteiger charge is 2.40. The first-order valence-corrected chi connectivity index (χ1v) is 6.92. The molecule has 2 amide bonds. The van der Waals surface area contributed by atoms with Gasteiger partial charge in [0.15, 0.2) is 0 Å². The van der Waals surface area contributed by atoms with Crippen molar-refractivity contribution in [3.8, 4) is 0 Å². The fourth-order valence-electron chi connectivity index (χ4n) is 2.87. The number of ether oxygens (including phenoxy) is 1. The van der Waals surface area contributed by atoms with E-state index in [1.807, 2.05) is 0 Å². The summed E-state index contributed by atoms with van der Waals surface area (Å²) < 4.78 is 4.89. The molecule has 0 bridgehead atoms. The molecule has 0 aromatic rings. The highest BCUT2D eigenvalue weighted by molar-refractivity contribution is 5.80. The van der Waals surface area contributed by atoms with Crippen LogP contribution in [-0.2, 0) is 14.3 Å². The van der Waals surface area contributed by atoms with Gasteiger partial charge in [-0.25, -0.2) is 0 Å². The molecule has 1 saturated heterocycles. The van der Waals surface area contributed by atoms with Crippen LogP contribution < -0.4 is 10.6 Å². The van der Waals surface area contributed by atoms with E-state index in [9.17, 15) is 9.59 Å². The predicted molar refractivity (Wildman–Crippen MR) is 71.2 cm³/mol. The van der Waals surface area contributed by atoms with E-state index in [1.165, 1.54) is 0 Å². The second kappa shape index (κ2) is 6.19. The molecule has 1 atom stereocenters. The zero-order chi connectivity index (χ0) is 13.7. The lowest BCUT2D eigenvalue weighted by Gasteiger charge is -2.42. The third-order valence-electron chi connectivity index (χ3n) is 4.04. The van der Waals surface area contributed by atoms with Crippen molar-refractivity contribution in [3.63, 3.8) is 0 Å². The summed E-state index contributed by atoms with van der Waals surface area (Å²) in [5.74, 6) is 0.104. The second-order valence-electron chi connectivity index (χ2n) is 5.36. The zero-order valence-corrected chi connectivity index (χ0v) is 11.5. The van der Waals surface area contributed by atoms with Gasteiger partial charge in [0.05, 0.1) is 6.61 Å². The lowest BCUT2D eigenvalue weighted by atomic mass is 9.70. The lowest BCUT2D eigenvalue weighted by Crippen LogP contribution is -2.48. The number of piperidine rings is 1. The molecule has 2 N–H and O–H groups in total. The molecule has 5 nitrogen and oxygen atoms in total. The number of fused-ring (bicyclic) bond motifs is 1. The molecule has 0 saturated carbocycles. The van der Waals surface area contributed by atoms with Crippen LogP contribution in [0.25, 0.3) is 0 Å². The van der Waals surface area contributed by atoms with Crippen molar-refractivity contribution in [1.29, 1.82) is 0 Å². The Labute approximate surface area is 113 Å². The molecule has 1 fully saturated rings. The molecule has 0 aromatic carbocycles. The number of hydrogen-bond donors (Lipinski definition) is 2. The number of methoxy groups -OCH3 is 1. The molecule has 0 aromatic heterocycles. The average molecular weight is 266 g/mol. The molecular formula is C14H22N2O3. The first kappa shape index (κ1) is 14.1. The van der Waals surface area contributed by atoms with Gasteiger partial charge in [-0.05, 0) is 25.7 Å². The Hall–Kier alpha value is -1.36. The maximum Gasteiger partial charge on any atom is 0.224 e. The number of amides is 2. The Kier molecular flexibility index (Phi) is 4.58. The number of nitrogens with one attached hydrogen (secondary N) is 2. The van der Waals surface area contributed by atoms with Crippen LogP contribution in [0.15, 0.2) is 11.8 Å². The Morgan fingerprint density at radius 2 is 2.37 bits per heavy atom. The lowest BCUT2D eigenvalue weighted by molar-refractivity contribution is -0.123. The Bertz CT molecular complexity index is 392. The summed E-state index contributed by atoms with van der Waals surface area (Å²) in [7, 11) is 1.59. The second-order valence-corrected chi connectivity index (χ2v) is 5.36. The first-order valence-electron chi connectivity index (χ1n) is 6.92. The highest BCUT2D eigenvalue weighted by atomic mass is 16.5. The molecule has 5 heteroatoms. The van der Waals surface area contributed by atoms with Gasteiger partial charge in [0.1, 0.15) is 0 Å². The Morgan fingerprint density at radius 3 is 3.16 bits per heavy atom. The zero-order valence-electron chi connectivity index (χ0n) is 11.5. The molecule has 106 valence electrons. The van der Waals surface area contributed by atoms with Crippen molar-refractivity contribution in [3.05, 3.63) is 11.8 Å². The Balaban J connectivity index is 1.96. The van der Waals surface area contributed by atoms with E-state index in [0.29, 0.717) is 26.0 Å². The van der Waals surface area contributed by atoms with Crippen LogP contribution in [0.5, 0.6) is 0 Å². The van der Waals surface area contributed by atoms with Crippen LogP contribution in [-0.4, -0.2) is 32.1 Å². The van der Waals surface area contributed by atoms with Crippen LogP contribution in [0.4, 0.5) is 0 Å². The molecule has 2 aliphatic rings. The molecule has 1 unspecified atom stereocenters. The summed E-state index contributed by atoms with van der Waals surface area (Å²) in [4.78, 5) is 23.2. The standard InChI is InChI=1S/C14H22N2O3/c1-19-9-6-12(17)15-10-14-7-3-2-4-11(14)16-13(18)5-8-14/h4H,2-3,5-10H2,1H3,(H,15,17)(H,16,18). The highest BCUT2D eigenvalue weighted by Crippen LogP contribution is 2.42. The normalized spacial score (nSPS) is 26.2. The minimum absolute atomic E-state index is 0.0121. The summed E-state index contributed by atoms with van der Waals surface area (Å²) in [5, 5.41) is 5.95. The average Bonchev–Trinajstić information content (AvgIpc) is 2.43. The SMILES string of the molecule is COCCC(=O)NCC12CCCC=C1NC(=O)CC2. The van der Waals surface area contributed by atoms with Crippen LogP contribution in [0.3, 0.4) is 0 Å². The van der Waals surface area contributed by atoms with Gasteiger partial charge in [0.25, 0.3) is 0 Å². The van der Waals surface area contributed by atoms with Gasteiger partial charge < -0.3 is 15.4 Å². The van der Waals surface area contributed by atoms with Gasteiger partial charge in [-0.2, -0.15) is 0 Å². The Morgan fingerprint density at radius 1 is 1.53 bits per heavy atom. The molecule has 19 heavy (non-hydrogen) atoms. The number of hydrogen-bond acceptors (Lipinski definition) is 3. The maximum atomic E-state index is 11.7. The molecule has 0 spiro atoms. The fourth-order valence-corrected chi connectivity index (χ4v) is 2.87. The molecule has 1 aliphatic heterocycles. The van der Waals surface area contributed by atoms with E-state index in [-0.39, 0.29) is 17.2 Å². The van der Waals surface area contributed by atoms with Gasteiger partial charge in [0, 0.05) is 37.6 Å². The summed E-state index contributed by atoms with van der Waals surface area (Å²) in [6.45, 7) is 1.06. The van der Waals surface area contributed by atoms with Gasteiger partial charge in [0.2, 0.25) is 11.8 Å². The van der Waals surface area contributed by atoms with Gasteiger partial charge in [-0.15, -0.1) is 0 Å². The molecule has 0 radical (unpaired) electrons. The van der Waals surface area contributed by atoms with Crippen molar-refractivity contribution in [2.24, 2.45) is 5.41 Å². The quantitative estimate of drug-likeness (QED) is 0.783. The van der Waals surface area contributed by atoms with Crippen molar-refractivity contribution in [2.45, 2.75) is 38.5 Å². The topological polar surface area (TPSA) is 67.4 Å². The number of allylic oxidation sites excluding steroid dienone is 1. The van der Waals surface area contributed by atoms with E-state index in [4.69, 9.17) is 4.74 Å². The summed E-state index contributed by atoms with van der Waals surface area (Å²) in [6, 6.07) is 0. The largest absolute Gasteiger partial charge is 0.384 e. The minimum Gasteiger partial charge on any atom is -0.384 e. The minimum atomic E-state index is -0.0606. The maximum absolute atomic E-state index is 11.7. The van der Waals surface area contributed by atoms with Crippen molar-refractivity contribution in [2.75, 3.05) is 20.3 Å². The fraction of sp³-hybridized carbons (Fsp3) is 0.714. The van der Waals surface area contributed by atoms with Crippen molar-refractivity contribution < 1.29 is 14.3 Å². The number of rotatable bonds is 5. The van der Waals surface area contributed by atoms with E-state index in [1.54, 1.807) is 7.11 Å². The molecule has 1 aliphatic carbocycles. The van der Waals surface area contributed by atoms with E-state index in [0.717, 1.165) is 31.4 Å².